The Balaban J connectivity index is 1.74. The van der Waals surface area contributed by atoms with Crippen molar-refractivity contribution in [1.29, 1.82) is 0 Å². The first-order valence-corrected chi connectivity index (χ1v) is 12.9. The largest absolute Gasteiger partial charge is 0.374 e. The highest BCUT2D eigenvalue weighted by Crippen LogP contribution is 2.43. The Labute approximate surface area is 201 Å². The first-order chi connectivity index (χ1) is 16.5. The van der Waals surface area contributed by atoms with E-state index in [9.17, 15) is 26.7 Å². The highest BCUT2D eigenvalue weighted by molar-refractivity contribution is 7.91. The lowest BCUT2D eigenvalue weighted by Gasteiger charge is -2.44. The van der Waals surface area contributed by atoms with E-state index in [4.69, 9.17) is 4.74 Å². The molecule has 2 aliphatic rings. The Morgan fingerprint density at radius 3 is 2.51 bits per heavy atom. The first kappa shape index (κ1) is 25.4. The molecule has 0 bridgehead atoms. The standard InChI is InChI=1S/C23H27F3N4O4S/c1-13(14-5-4-6-15(18(14)24)19(25)26)29-20-16-11-17(22(31)30(2)21(16)28-12-27-20)23(34-3)7-9-35(32,33)10-8-23/h4-6,11-13,19,22,31H,7-10H2,1-3H3,(H,27,28,29)/t13-,22?/m1/s1. The molecule has 1 fully saturated rings. The maximum Gasteiger partial charge on any atom is 0.266 e. The monoisotopic (exact) mass is 512 g/mol. The van der Waals surface area contributed by atoms with Crippen LogP contribution in [0.25, 0.3) is 6.08 Å². The van der Waals surface area contributed by atoms with Gasteiger partial charge in [0.15, 0.2) is 16.1 Å². The number of nitrogens with one attached hydrogen (secondary N) is 1. The second kappa shape index (κ2) is 9.40. The highest BCUT2D eigenvalue weighted by atomic mass is 32.2. The van der Waals surface area contributed by atoms with E-state index < -0.39 is 45.5 Å². The second-order valence-electron chi connectivity index (χ2n) is 8.81. The quantitative estimate of drug-likeness (QED) is 0.607. The van der Waals surface area contributed by atoms with E-state index in [0.29, 0.717) is 22.8 Å². The van der Waals surface area contributed by atoms with Gasteiger partial charge in [-0.25, -0.2) is 31.6 Å². The molecule has 3 heterocycles. The minimum absolute atomic E-state index is 0.0504. The summed E-state index contributed by atoms with van der Waals surface area (Å²) in [6.07, 6.45) is -0.765. The highest BCUT2D eigenvalue weighted by Gasteiger charge is 2.45. The van der Waals surface area contributed by atoms with Gasteiger partial charge < -0.3 is 20.1 Å². The van der Waals surface area contributed by atoms with Gasteiger partial charge in [0.1, 0.15) is 23.8 Å². The molecular formula is C23H27F3N4O4S. The van der Waals surface area contributed by atoms with Crippen LogP contribution in [0.4, 0.5) is 24.8 Å². The van der Waals surface area contributed by atoms with Gasteiger partial charge in [-0.1, -0.05) is 18.2 Å². The van der Waals surface area contributed by atoms with E-state index in [1.165, 1.54) is 30.5 Å². The number of hydrogen-bond acceptors (Lipinski definition) is 8. The van der Waals surface area contributed by atoms with E-state index in [1.807, 2.05) is 0 Å². The normalized spacial score (nSPS) is 21.9. The summed E-state index contributed by atoms with van der Waals surface area (Å²) in [5.74, 6) is -0.447. The zero-order chi connectivity index (χ0) is 25.5. The van der Waals surface area contributed by atoms with Crippen molar-refractivity contribution in [3.63, 3.8) is 0 Å². The van der Waals surface area contributed by atoms with Crippen LogP contribution in [0, 0.1) is 5.82 Å². The smallest absolute Gasteiger partial charge is 0.266 e. The molecular weight excluding hydrogens is 485 g/mol. The number of fused-ring (bicyclic) bond motifs is 1. The van der Waals surface area contributed by atoms with Crippen molar-refractivity contribution in [3.05, 3.63) is 52.6 Å². The number of hydrogen-bond donors (Lipinski definition) is 2. The van der Waals surface area contributed by atoms with Crippen LogP contribution < -0.4 is 10.2 Å². The van der Waals surface area contributed by atoms with Crippen LogP contribution in [-0.4, -0.2) is 61.0 Å². The number of nitrogens with zero attached hydrogens (tertiary/aromatic N) is 3. The second-order valence-corrected chi connectivity index (χ2v) is 11.1. The minimum atomic E-state index is -3.19. The van der Waals surface area contributed by atoms with Crippen LogP contribution in [0.15, 0.2) is 30.1 Å². The summed E-state index contributed by atoms with van der Waals surface area (Å²) in [4.78, 5) is 10.0. The Kier molecular flexibility index (Phi) is 6.82. The molecule has 2 N–H and O–H groups in total. The molecule has 1 saturated heterocycles. The van der Waals surface area contributed by atoms with Crippen LogP contribution in [-0.2, 0) is 14.6 Å². The van der Waals surface area contributed by atoms with E-state index in [1.54, 1.807) is 20.0 Å². The molecule has 2 aromatic rings. The number of methoxy groups -OCH3 is 1. The number of aliphatic hydroxyl groups is 1. The summed E-state index contributed by atoms with van der Waals surface area (Å²) < 4.78 is 70.9. The summed E-state index contributed by atoms with van der Waals surface area (Å²) >= 11 is 0. The number of anilines is 2. The number of aliphatic hydroxyl groups excluding tert-OH is 1. The summed E-state index contributed by atoms with van der Waals surface area (Å²) in [6.45, 7) is 1.62. The van der Waals surface area contributed by atoms with Gasteiger partial charge in [-0.2, -0.15) is 0 Å². The molecule has 0 radical (unpaired) electrons. The molecule has 0 saturated carbocycles. The molecule has 8 nitrogen and oxygen atoms in total. The molecule has 190 valence electrons. The Hall–Kier alpha value is -2.70. The predicted molar refractivity (Wildman–Crippen MR) is 125 cm³/mol. The van der Waals surface area contributed by atoms with Gasteiger partial charge in [-0.15, -0.1) is 0 Å². The Bertz CT molecular complexity index is 1240. The van der Waals surface area contributed by atoms with Crippen molar-refractivity contribution in [2.75, 3.05) is 35.9 Å². The van der Waals surface area contributed by atoms with Gasteiger partial charge in [-0.3, -0.25) is 0 Å². The van der Waals surface area contributed by atoms with Gasteiger partial charge >= 0.3 is 0 Å². The zero-order valence-corrected chi connectivity index (χ0v) is 20.3. The molecule has 1 aromatic heterocycles. The molecule has 2 atom stereocenters. The SMILES string of the molecule is COC1(C2=Cc3c(N[C@H](C)c4cccc(C(F)F)c4F)ncnc3N(C)C2O)CCS(=O)(=O)CC1. The molecule has 0 amide bonds. The van der Waals surface area contributed by atoms with Gasteiger partial charge in [0, 0.05) is 25.3 Å². The third-order valence-electron chi connectivity index (χ3n) is 6.81. The number of benzene rings is 1. The van der Waals surface area contributed by atoms with Crippen LogP contribution in [0.3, 0.4) is 0 Å². The maximum absolute atomic E-state index is 14.7. The van der Waals surface area contributed by atoms with Gasteiger partial charge in [-0.05, 0) is 25.8 Å². The third kappa shape index (κ3) is 4.62. The maximum atomic E-state index is 14.7. The molecule has 4 rings (SSSR count). The van der Waals surface area contributed by atoms with Crippen molar-refractivity contribution < 1.29 is 31.4 Å². The third-order valence-corrected chi connectivity index (χ3v) is 8.46. The fourth-order valence-corrected chi connectivity index (χ4v) is 6.15. The topological polar surface area (TPSA) is 105 Å². The Morgan fingerprint density at radius 1 is 1.23 bits per heavy atom. The fourth-order valence-electron chi connectivity index (χ4n) is 4.67. The fraction of sp³-hybridized carbons (Fsp3) is 0.478. The number of rotatable bonds is 6. The van der Waals surface area contributed by atoms with Gasteiger partial charge in [0.25, 0.3) is 6.43 Å². The number of likely N-dealkylation sites (N-methyl/N-ethyl adjacent to an activating group) is 1. The number of alkyl halides is 2. The van der Waals surface area contributed by atoms with Crippen LogP contribution >= 0.6 is 0 Å². The summed E-state index contributed by atoms with van der Waals surface area (Å²) in [5.41, 5.74) is -0.694. The minimum Gasteiger partial charge on any atom is -0.374 e. The van der Waals surface area contributed by atoms with Crippen LogP contribution in [0.5, 0.6) is 0 Å². The molecule has 0 spiro atoms. The van der Waals surface area contributed by atoms with Crippen molar-refractivity contribution in [3.8, 4) is 0 Å². The molecule has 2 aliphatic heterocycles. The average molecular weight is 513 g/mol. The van der Waals surface area contributed by atoms with Gasteiger partial charge in [0.05, 0.1) is 34.3 Å². The number of ether oxygens (including phenoxy) is 1. The van der Waals surface area contributed by atoms with Crippen LogP contribution in [0.1, 0.15) is 48.9 Å². The number of halogens is 3. The van der Waals surface area contributed by atoms with Crippen molar-refractivity contribution in [1.82, 2.24) is 9.97 Å². The number of aromatic nitrogens is 2. The van der Waals surface area contributed by atoms with Crippen molar-refractivity contribution in [2.24, 2.45) is 0 Å². The molecule has 12 heteroatoms. The van der Waals surface area contributed by atoms with E-state index in [2.05, 4.69) is 15.3 Å². The summed E-state index contributed by atoms with van der Waals surface area (Å²) in [7, 11) is -0.0859. The lowest BCUT2D eigenvalue weighted by molar-refractivity contribution is -0.00419. The first-order valence-electron chi connectivity index (χ1n) is 11.1. The van der Waals surface area contributed by atoms with Gasteiger partial charge in [0.2, 0.25) is 0 Å². The molecule has 0 aliphatic carbocycles. The molecule has 1 aromatic carbocycles. The summed E-state index contributed by atoms with van der Waals surface area (Å²) in [5, 5.41) is 14.1. The van der Waals surface area contributed by atoms with E-state index in [-0.39, 0.29) is 29.9 Å². The lowest BCUT2D eigenvalue weighted by Crippen LogP contribution is -2.50. The average Bonchev–Trinajstić information content (AvgIpc) is 2.82. The molecule has 1 unspecified atom stereocenters. The van der Waals surface area contributed by atoms with E-state index in [0.717, 1.165) is 6.07 Å². The van der Waals surface area contributed by atoms with Crippen molar-refractivity contribution >= 4 is 27.5 Å². The number of sulfone groups is 1. The van der Waals surface area contributed by atoms with E-state index >= 15 is 0 Å². The predicted octanol–water partition coefficient (Wildman–Crippen LogP) is 3.47. The Morgan fingerprint density at radius 2 is 1.89 bits per heavy atom. The summed E-state index contributed by atoms with van der Waals surface area (Å²) in [6, 6.07) is 3.11. The zero-order valence-electron chi connectivity index (χ0n) is 19.5. The molecule has 35 heavy (non-hydrogen) atoms. The van der Waals surface area contributed by atoms with Crippen LogP contribution in [0.2, 0.25) is 0 Å². The lowest BCUT2D eigenvalue weighted by atomic mass is 9.83. The van der Waals surface area contributed by atoms with Crippen molar-refractivity contribution in [2.45, 2.75) is 44.1 Å².